The Balaban J connectivity index is 1.30. The topological polar surface area (TPSA) is 121 Å². The van der Waals surface area contributed by atoms with Crippen LogP contribution in [0.25, 0.3) is 16.7 Å². The van der Waals surface area contributed by atoms with Crippen LogP contribution in [0.4, 0.5) is 22.7 Å². The van der Waals surface area contributed by atoms with Crippen LogP contribution in [0.2, 0.25) is 0 Å². The molecule has 1 amide bonds. The number of nitrogens with one attached hydrogen (secondary N) is 2. The highest BCUT2D eigenvalue weighted by Gasteiger charge is 2.24. The Morgan fingerprint density at radius 1 is 1.02 bits per heavy atom. The van der Waals surface area contributed by atoms with Gasteiger partial charge in [0.15, 0.2) is 5.11 Å². The SMILES string of the molecule is CCN(CC)c1ccc(-n2nc3cc(C)c(NC(=S)NC(=O)c4ccc(N5CCCC5)c([N+](=O)[O-])c4)cc3n2)cc1. The van der Waals surface area contributed by atoms with Crippen molar-refractivity contribution in [3.8, 4) is 5.69 Å². The first-order valence-corrected chi connectivity index (χ1v) is 14.1. The molecule has 1 aliphatic heterocycles. The van der Waals surface area contributed by atoms with E-state index in [9.17, 15) is 14.9 Å². The minimum Gasteiger partial charge on any atom is -0.372 e. The van der Waals surface area contributed by atoms with Crippen LogP contribution >= 0.6 is 12.2 Å². The predicted octanol–water partition coefficient (Wildman–Crippen LogP) is 5.21. The van der Waals surface area contributed by atoms with Crippen LogP contribution < -0.4 is 20.4 Å². The smallest absolute Gasteiger partial charge is 0.293 e. The molecule has 0 aliphatic carbocycles. The summed E-state index contributed by atoms with van der Waals surface area (Å²) in [6.45, 7) is 9.56. The minimum atomic E-state index is -0.531. The van der Waals surface area contributed by atoms with E-state index < -0.39 is 10.8 Å². The first-order valence-electron chi connectivity index (χ1n) is 13.7. The van der Waals surface area contributed by atoms with Crippen molar-refractivity contribution in [2.24, 2.45) is 0 Å². The van der Waals surface area contributed by atoms with E-state index in [2.05, 4.69) is 51.7 Å². The molecule has 4 aromatic rings. The van der Waals surface area contributed by atoms with Crippen LogP contribution in [0.5, 0.6) is 0 Å². The van der Waals surface area contributed by atoms with Gasteiger partial charge in [-0.1, -0.05) is 0 Å². The standard InChI is InChI=1S/C29H32N8O3S/c1-4-34(5-2)21-9-11-22(12-10-21)36-32-24-16-19(3)23(18-25(24)33-36)30-29(41)31-28(38)20-8-13-26(27(17-20)37(39)40)35-14-6-7-15-35/h8-13,16-18H,4-7,14-15H2,1-3H3,(H2,30,31,38,41). The van der Waals surface area contributed by atoms with Crippen LogP contribution in [0.15, 0.2) is 54.6 Å². The molecule has 12 heteroatoms. The average Bonchev–Trinajstić information content (AvgIpc) is 3.64. The van der Waals surface area contributed by atoms with E-state index in [0.29, 0.717) is 16.9 Å². The van der Waals surface area contributed by atoms with Gasteiger partial charge in [0.2, 0.25) is 0 Å². The molecule has 0 bridgehead atoms. The van der Waals surface area contributed by atoms with Gasteiger partial charge in [-0.25, -0.2) is 0 Å². The Bertz CT molecular complexity index is 1610. The molecule has 0 spiro atoms. The summed E-state index contributed by atoms with van der Waals surface area (Å²) in [4.78, 5) is 30.0. The molecule has 2 heterocycles. The van der Waals surface area contributed by atoms with Crippen LogP contribution in [0.3, 0.4) is 0 Å². The number of thiocarbonyl (C=S) groups is 1. The number of fused-ring (bicyclic) bond motifs is 1. The molecular formula is C29H32N8O3S. The van der Waals surface area contributed by atoms with Gasteiger partial charge >= 0.3 is 0 Å². The highest BCUT2D eigenvalue weighted by Crippen LogP contribution is 2.31. The zero-order chi connectivity index (χ0) is 29.1. The third kappa shape index (κ3) is 5.97. The number of amides is 1. The zero-order valence-electron chi connectivity index (χ0n) is 23.3. The van der Waals surface area contributed by atoms with Crippen molar-refractivity contribution < 1.29 is 9.72 Å². The lowest BCUT2D eigenvalue weighted by molar-refractivity contribution is -0.384. The molecule has 2 N–H and O–H groups in total. The molecule has 1 fully saturated rings. The molecule has 0 unspecified atom stereocenters. The molecule has 3 aromatic carbocycles. The number of nitro groups is 1. The summed E-state index contributed by atoms with van der Waals surface area (Å²) in [5.41, 5.74) is 5.50. The number of carbonyl (C=O) groups is 1. The molecule has 1 saturated heterocycles. The molecule has 5 rings (SSSR count). The maximum atomic E-state index is 12.9. The second kappa shape index (κ2) is 11.9. The Morgan fingerprint density at radius 2 is 1.68 bits per heavy atom. The first kappa shape index (κ1) is 28.0. The van der Waals surface area contributed by atoms with Crippen molar-refractivity contribution in [3.63, 3.8) is 0 Å². The number of anilines is 3. The maximum Gasteiger partial charge on any atom is 0.293 e. The largest absolute Gasteiger partial charge is 0.372 e. The van der Waals surface area contributed by atoms with Gasteiger partial charge in [0.05, 0.1) is 10.6 Å². The number of nitrogens with zero attached hydrogens (tertiary/aromatic N) is 6. The molecule has 0 radical (unpaired) electrons. The van der Waals surface area contributed by atoms with Crippen molar-refractivity contribution in [2.75, 3.05) is 41.3 Å². The molecule has 1 aliphatic rings. The Labute approximate surface area is 243 Å². The van der Waals surface area contributed by atoms with Gasteiger partial charge in [0, 0.05) is 49.2 Å². The number of aryl methyl sites for hydroxylation is 1. The molecule has 0 atom stereocenters. The third-order valence-electron chi connectivity index (χ3n) is 7.29. The van der Waals surface area contributed by atoms with Gasteiger partial charge in [-0.05, 0) is 99.9 Å². The number of nitro benzene ring substituents is 1. The van der Waals surface area contributed by atoms with Crippen LogP contribution in [-0.4, -0.2) is 57.1 Å². The highest BCUT2D eigenvalue weighted by atomic mass is 32.1. The third-order valence-corrected chi connectivity index (χ3v) is 7.50. The van der Waals surface area contributed by atoms with E-state index in [1.165, 1.54) is 6.07 Å². The van der Waals surface area contributed by atoms with E-state index in [0.717, 1.165) is 61.5 Å². The number of aromatic nitrogens is 3. The fraction of sp³-hybridized carbons (Fsp3) is 0.310. The number of benzene rings is 3. The lowest BCUT2D eigenvalue weighted by Crippen LogP contribution is -2.34. The van der Waals surface area contributed by atoms with Crippen molar-refractivity contribution in [3.05, 3.63) is 75.8 Å². The molecule has 11 nitrogen and oxygen atoms in total. The van der Waals surface area contributed by atoms with E-state index in [4.69, 9.17) is 12.2 Å². The molecule has 1 aromatic heterocycles. The molecular weight excluding hydrogens is 540 g/mol. The minimum absolute atomic E-state index is 0.0723. The summed E-state index contributed by atoms with van der Waals surface area (Å²) < 4.78 is 0. The second-order valence-electron chi connectivity index (χ2n) is 9.90. The van der Waals surface area contributed by atoms with Gasteiger partial charge in [-0.2, -0.15) is 4.80 Å². The van der Waals surface area contributed by atoms with Gasteiger partial charge in [0.25, 0.3) is 11.6 Å². The fourth-order valence-corrected chi connectivity index (χ4v) is 5.27. The fourth-order valence-electron chi connectivity index (χ4n) is 5.07. The average molecular weight is 573 g/mol. The summed E-state index contributed by atoms with van der Waals surface area (Å²) in [7, 11) is 0. The molecule has 0 saturated carbocycles. The quantitative estimate of drug-likeness (QED) is 0.166. The van der Waals surface area contributed by atoms with E-state index in [1.54, 1.807) is 16.9 Å². The number of rotatable bonds is 8. The summed E-state index contributed by atoms with van der Waals surface area (Å²) in [6, 6.07) is 16.3. The number of hydrogen-bond acceptors (Lipinski definition) is 8. The monoisotopic (exact) mass is 572 g/mol. The van der Waals surface area contributed by atoms with Crippen LogP contribution in [-0.2, 0) is 0 Å². The molecule has 212 valence electrons. The van der Waals surface area contributed by atoms with Crippen molar-refractivity contribution >= 4 is 57.0 Å². The Morgan fingerprint density at radius 3 is 2.32 bits per heavy atom. The van der Waals surface area contributed by atoms with Crippen molar-refractivity contribution in [1.29, 1.82) is 0 Å². The summed E-state index contributed by atoms with van der Waals surface area (Å²) in [5.74, 6) is -0.531. The lowest BCUT2D eigenvalue weighted by Gasteiger charge is -2.20. The normalized spacial score (nSPS) is 12.9. The molecule has 41 heavy (non-hydrogen) atoms. The van der Waals surface area contributed by atoms with E-state index >= 15 is 0 Å². The maximum absolute atomic E-state index is 12.9. The lowest BCUT2D eigenvalue weighted by atomic mass is 10.1. The summed E-state index contributed by atoms with van der Waals surface area (Å²) in [6.07, 6.45) is 1.98. The number of hydrogen-bond donors (Lipinski definition) is 2. The van der Waals surface area contributed by atoms with E-state index in [1.807, 2.05) is 36.1 Å². The summed E-state index contributed by atoms with van der Waals surface area (Å²) in [5, 5.41) is 26.7. The second-order valence-corrected chi connectivity index (χ2v) is 10.3. The summed E-state index contributed by atoms with van der Waals surface area (Å²) >= 11 is 5.40. The first-order chi connectivity index (χ1) is 19.8. The van der Waals surface area contributed by atoms with Gasteiger partial charge in [0.1, 0.15) is 16.7 Å². The predicted molar refractivity (Wildman–Crippen MR) is 165 cm³/mol. The van der Waals surface area contributed by atoms with Gasteiger partial charge in [-0.3, -0.25) is 20.2 Å². The van der Waals surface area contributed by atoms with Gasteiger partial charge in [-0.15, -0.1) is 10.2 Å². The highest BCUT2D eigenvalue weighted by molar-refractivity contribution is 7.80. The Hall–Kier alpha value is -4.58. The van der Waals surface area contributed by atoms with Crippen LogP contribution in [0, 0.1) is 17.0 Å². The van der Waals surface area contributed by atoms with E-state index in [-0.39, 0.29) is 16.4 Å². The van der Waals surface area contributed by atoms with Crippen LogP contribution in [0.1, 0.15) is 42.6 Å². The zero-order valence-corrected chi connectivity index (χ0v) is 24.1. The Kier molecular flexibility index (Phi) is 8.11. The van der Waals surface area contributed by atoms with Crippen molar-refractivity contribution in [1.82, 2.24) is 20.3 Å². The number of carbonyl (C=O) groups excluding carboxylic acids is 1. The van der Waals surface area contributed by atoms with Gasteiger partial charge < -0.3 is 15.1 Å². The van der Waals surface area contributed by atoms with Crippen molar-refractivity contribution in [2.45, 2.75) is 33.6 Å².